The number of fused-ring (bicyclic) bond motifs is 5. The van der Waals surface area contributed by atoms with Gasteiger partial charge in [0, 0.05) is 6.42 Å². The van der Waals surface area contributed by atoms with Crippen molar-refractivity contribution in [3.8, 4) is 0 Å². The molecule has 0 aliphatic heterocycles. The lowest BCUT2D eigenvalue weighted by Crippen LogP contribution is -2.58. The number of nitrogens with one attached hydrogen (secondary N) is 1. The number of aliphatic hydroxyl groups excluding tert-OH is 2. The molecule has 1 amide bonds. The molecule has 4 aliphatic carbocycles. The number of carbonyl (C=O) groups is 2. The van der Waals surface area contributed by atoms with E-state index in [4.69, 9.17) is 5.11 Å². The first-order valence-electron chi connectivity index (χ1n) is 12.9. The average molecular weight is 450 g/mol. The summed E-state index contributed by atoms with van der Waals surface area (Å²) in [5, 5.41) is 32.8. The molecule has 182 valence electrons. The van der Waals surface area contributed by atoms with Gasteiger partial charge in [-0.3, -0.25) is 9.59 Å². The SMILES string of the molecule is CC(CCC(=O)NCC(=O)O)C1CCC2[C@@H]3C(CC[C@@]12C)[C@]1(C)CCC(O)C[C@@H]1C[C@H]3O. The number of amides is 1. The molecule has 0 bridgehead atoms. The number of aliphatic carboxylic acids is 1. The van der Waals surface area contributed by atoms with Gasteiger partial charge in [-0.25, -0.2) is 0 Å². The van der Waals surface area contributed by atoms with Crippen LogP contribution in [-0.2, 0) is 9.59 Å². The van der Waals surface area contributed by atoms with Gasteiger partial charge in [0.25, 0.3) is 0 Å². The van der Waals surface area contributed by atoms with Crippen LogP contribution in [0.25, 0.3) is 0 Å². The number of hydrogen-bond acceptors (Lipinski definition) is 4. The monoisotopic (exact) mass is 449 g/mol. The molecule has 32 heavy (non-hydrogen) atoms. The second-order valence-electron chi connectivity index (χ2n) is 12.1. The molecule has 5 unspecified atom stereocenters. The summed E-state index contributed by atoms with van der Waals surface area (Å²) in [6.07, 6.45) is 9.06. The summed E-state index contributed by atoms with van der Waals surface area (Å²) in [6, 6.07) is 0. The van der Waals surface area contributed by atoms with Crippen molar-refractivity contribution in [3.05, 3.63) is 0 Å². The van der Waals surface area contributed by atoms with Crippen LogP contribution in [0.1, 0.15) is 85.0 Å². The number of carboxylic acid groups (broad SMARTS) is 1. The van der Waals surface area contributed by atoms with Crippen LogP contribution in [0.3, 0.4) is 0 Å². The first-order valence-corrected chi connectivity index (χ1v) is 12.9. The third kappa shape index (κ3) is 4.11. The van der Waals surface area contributed by atoms with Gasteiger partial charge in [-0.05, 0) is 104 Å². The summed E-state index contributed by atoms with van der Waals surface area (Å²) in [4.78, 5) is 22.7. The van der Waals surface area contributed by atoms with E-state index in [-0.39, 0.29) is 35.5 Å². The van der Waals surface area contributed by atoms with E-state index in [1.165, 1.54) is 12.8 Å². The fourth-order valence-corrected chi connectivity index (χ4v) is 9.00. The normalized spacial score (nSPS) is 46.5. The zero-order valence-electron chi connectivity index (χ0n) is 20.1. The number of carbonyl (C=O) groups excluding carboxylic acids is 1. The van der Waals surface area contributed by atoms with Crippen molar-refractivity contribution in [1.29, 1.82) is 0 Å². The summed E-state index contributed by atoms with van der Waals surface area (Å²) in [5.41, 5.74) is 0.451. The summed E-state index contributed by atoms with van der Waals surface area (Å²) in [5.74, 6) is 1.66. The third-order valence-electron chi connectivity index (χ3n) is 10.7. The van der Waals surface area contributed by atoms with Gasteiger partial charge in [0.2, 0.25) is 5.91 Å². The summed E-state index contributed by atoms with van der Waals surface area (Å²) in [7, 11) is 0. The summed E-state index contributed by atoms with van der Waals surface area (Å²) >= 11 is 0. The zero-order valence-corrected chi connectivity index (χ0v) is 20.1. The van der Waals surface area contributed by atoms with Crippen LogP contribution in [0.4, 0.5) is 0 Å². The molecule has 10 atom stereocenters. The maximum atomic E-state index is 12.0. The van der Waals surface area contributed by atoms with Crippen molar-refractivity contribution in [1.82, 2.24) is 5.32 Å². The molecule has 4 N–H and O–H groups in total. The Balaban J connectivity index is 1.44. The second-order valence-corrected chi connectivity index (χ2v) is 12.1. The first-order chi connectivity index (χ1) is 15.1. The Hall–Kier alpha value is -1.14. The number of aliphatic hydroxyl groups is 2. The molecule has 4 saturated carbocycles. The molecule has 0 radical (unpaired) electrons. The maximum Gasteiger partial charge on any atom is 0.322 e. The van der Waals surface area contributed by atoms with Crippen molar-refractivity contribution in [3.63, 3.8) is 0 Å². The van der Waals surface area contributed by atoms with Crippen LogP contribution in [0.2, 0.25) is 0 Å². The highest BCUT2D eigenvalue weighted by Crippen LogP contribution is 2.68. The molecular formula is C26H43NO5. The van der Waals surface area contributed by atoms with Gasteiger partial charge in [-0.15, -0.1) is 0 Å². The first kappa shape index (κ1) is 24.0. The molecule has 6 heteroatoms. The van der Waals surface area contributed by atoms with E-state index >= 15 is 0 Å². The summed E-state index contributed by atoms with van der Waals surface area (Å²) < 4.78 is 0. The van der Waals surface area contributed by atoms with E-state index in [1.54, 1.807) is 0 Å². The Morgan fingerprint density at radius 1 is 1.00 bits per heavy atom. The largest absolute Gasteiger partial charge is 0.480 e. The lowest BCUT2D eigenvalue weighted by Gasteiger charge is -2.62. The lowest BCUT2D eigenvalue weighted by atomic mass is 9.43. The second kappa shape index (κ2) is 8.90. The number of hydrogen-bond donors (Lipinski definition) is 4. The van der Waals surface area contributed by atoms with E-state index in [0.717, 1.165) is 44.9 Å². The highest BCUT2D eigenvalue weighted by atomic mass is 16.4. The summed E-state index contributed by atoms with van der Waals surface area (Å²) in [6.45, 7) is 6.83. The maximum absolute atomic E-state index is 12.0. The van der Waals surface area contributed by atoms with E-state index in [1.807, 2.05) is 0 Å². The lowest BCUT2D eigenvalue weighted by molar-refractivity contribution is -0.174. The Labute approximate surface area is 192 Å². The van der Waals surface area contributed by atoms with Crippen LogP contribution < -0.4 is 5.32 Å². The predicted molar refractivity (Wildman–Crippen MR) is 122 cm³/mol. The number of carboxylic acids is 1. The molecule has 4 rings (SSSR count). The van der Waals surface area contributed by atoms with Crippen LogP contribution in [0.5, 0.6) is 0 Å². The zero-order chi connectivity index (χ0) is 23.3. The van der Waals surface area contributed by atoms with Gasteiger partial charge in [0.1, 0.15) is 6.54 Å². The van der Waals surface area contributed by atoms with Crippen LogP contribution in [-0.4, -0.2) is 45.9 Å². The molecule has 0 saturated heterocycles. The molecule has 4 fully saturated rings. The van der Waals surface area contributed by atoms with Gasteiger partial charge >= 0.3 is 5.97 Å². The average Bonchev–Trinajstić information content (AvgIpc) is 3.09. The minimum absolute atomic E-state index is 0.177. The molecule has 0 heterocycles. The molecule has 0 aromatic rings. The van der Waals surface area contributed by atoms with Crippen molar-refractivity contribution < 1.29 is 24.9 Å². The standard InChI is InChI=1S/C26H43NO5/c1-15(4-7-22(30)27-14-23(31)32)18-5-6-19-24-20(9-11-26(18,19)3)25(2)10-8-17(28)12-16(25)13-21(24)29/h15-21,24,28-29H,4-14H2,1-3H3,(H,27,30)(H,31,32)/t15?,16-,17?,18?,19?,20?,21-,24-,25-,26+/m1/s1. The van der Waals surface area contributed by atoms with Gasteiger partial charge in [-0.2, -0.15) is 0 Å². The highest BCUT2D eigenvalue weighted by molar-refractivity contribution is 5.81. The molecular weight excluding hydrogens is 406 g/mol. The van der Waals surface area contributed by atoms with E-state index in [9.17, 15) is 19.8 Å². The van der Waals surface area contributed by atoms with Crippen molar-refractivity contribution in [2.75, 3.05) is 6.54 Å². The predicted octanol–water partition coefficient (Wildman–Crippen LogP) is 3.59. The smallest absolute Gasteiger partial charge is 0.322 e. The molecule has 0 aromatic heterocycles. The Kier molecular flexibility index (Phi) is 6.68. The van der Waals surface area contributed by atoms with Crippen LogP contribution in [0, 0.1) is 46.3 Å². The van der Waals surface area contributed by atoms with E-state index < -0.39 is 5.97 Å². The van der Waals surface area contributed by atoms with Crippen molar-refractivity contribution >= 4 is 11.9 Å². The third-order valence-corrected chi connectivity index (χ3v) is 10.7. The van der Waals surface area contributed by atoms with Gasteiger partial charge < -0.3 is 20.6 Å². The topological polar surface area (TPSA) is 107 Å². The van der Waals surface area contributed by atoms with Gasteiger partial charge in [0.15, 0.2) is 0 Å². The Morgan fingerprint density at radius 2 is 1.69 bits per heavy atom. The highest BCUT2D eigenvalue weighted by Gasteiger charge is 2.62. The number of rotatable bonds is 6. The van der Waals surface area contributed by atoms with Gasteiger partial charge in [-0.1, -0.05) is 20.8 Å². The van der Waals surface area contributed by atoms with E-state index in [2.05, 4.69) is 26.1 Å². The quantitative estimate of drug-likeness (QED) is 0.496. The van der Waals surface area contributed by atoms with Crippen molar-refractivity contribution in [2.45, 2.75) is 97.2 Å². The van der Waals surface area contributed by atoms with Crippen LogP contribution in [0.15, 0.2) is 0 Å². The fraction of sp³-hybridized carbons (Fsp3) is 0.923. The molecule has 6 nitrogen and oxygen atoms in total. The Morgan fingerprint density at radius 3 is 2.41 bits per heavy atom. The van der Waals surface area contributed by atoms with Crippen molar-refractivity contribution in [2.24, 2.45) is 46.3 Å². The van der Waals surface area contributed by atoms with E-state index in [0.29, 0.717) is 41.9 Å². The minimum atomic E-state index is -1.01. The molecule has 0 aromatic carbocycles. The van der Waals surface area contributed by atoms with Crippen LogP contribution >= 0.6 is 0 Å². The fourth-order valence-electron chi connectivity index (χ4n) is 9.00. The molecule has 0 spiro atoms. The molecule has 4 aliphatic rings. The van der Waals surface area contributed by atoms with Gasteiger partial charge in [0.05, 0.1) is 12.2 Å². The minimum Gasteiger partial charge on any atom is -0.480 e. The Bertz CT molecular complexity index is 727.